The maximum atomic E-state index is 5.61. The summed E-state index contributed by atoms with van der Waals surface area (Å²) in [6.07, 6.45) is 3.73. The molecule has 0 aromatic carbocycles. The molecule has 0 saturated carbocycles. The Hall–Kier alpha value is -1.55. The van der Waals surface area contributed by atoms with Crippen molar-refractivity contribution in [1.82, 2.24) is 9.55 Å². The molecule has 80 valence electrons. The summed E-state index contributed by atoms with van der Waals surface area (Å²) in [6, 6.07) is 2.01. The van der Waals surface area contributed by atoms with E-state index >= 15 is 0 Å². The maximum absolute atomic E-state index is 5.61. The van der Waals surface area contributed by atoms with E-state index in [0.717, 1.165) is 22.9 Å². The molecule has 2 aromatic heterocycles. The van der Waals surface area contributed by atoms with Gasteiger partial charge in [-0.3, -0.25) is 0 Å². The molecule has 0 radical (unpaired) electrons. The van der Waals surface area contributed by atoms with Crippen LogP contribution in [0.3, 0.4) is 0 Å². The zero-order chi connectivity index (χ0) is 10.8. The third-order valence-electron chi connectivity index (χ3n) is 2.54. The molecule has 0 bridgehead atoms. The minimum absolute atomic E-state index is 0.526. The first-order valence-electron chi connectivity index (χ1n) is 4.96. The minimum atomic E-state index is 0.526. The molecule has 0 aliphatic rings. The van der Waals surface area contributed by atoms with Crippen LogP contribution < -0.4 is 5.73 Å². The summed E-state index contributed by atoms with van der Waals surface area (Å²) < 4.78 is 7.65. The lowest BCUT2D eigenvalue weighted by molar-refractivity contribution is 0.465. The molecule has 0 amide bonds. The molecule has 0 atom stereocenters. The number of hydrogen-bond donors (Lipinski definition) is 1. The second kappa shape index (κ2) is 3.90. The normalized spacial score (nSPS) is 10.9. The third-order valence-corrected chi connectivity index (χ3v) is 2.54. The van der Waals surface area contributed by atoms with Gasteiger partial charge in [-0.25, -0.2) is 4.98 Å². The Morgan fingerprint density at radius 2 is 2.27 bits per heavy atom. The molecular weight excluding hydrogens is 190 g/mol. The van der Waals surface area contributed by atoms with Crippen molar-refractivity contribution < 1.29 is 4.42 Å². The quantitative estimate of drug-likeness (QED) is 0.828. The first-order chi connectivity index (χ1) is 7.20. The molecule has 4 heteroatoms. The smallest absolute Gasteiger partial charge is 0.124 e. The van der Waals surface area contributed by atoms with Crippen molar-refractivity contribution in [3.63, 3.8) is 0 Å². The fourth-order valence-electron chi connectivity index (χ4n) is 1.61. The van der Waals surface area contributed by atoms with E-state index in [1.54, 1.807) is 6.20 Å². The van der Waals surface area contributed by atoms with Crippen LogP contribution in [0.4, 0.5) is 0 Å². The Labute approximate surface area is 88.7 Å². The van der Waals surface area contributed by atoms with Gasteiger partial charge in [-0.05, 0) is 19.9 Å². The average molecular weight is 205 g/mol. The molecule has 0 saturated heterocycles. The number of furan rings is 1. The summed E-state index contributed by atoms with van der Waals surface area (Å²) in [5.74, 6) is 2.82. The first-order valence-corrected chi connectivity index (χ1v) is 4.96. The minimum Gasteiger partial charge on any atom is -0.464 e. The number of nitrogens with two attached hydrogens (primary N) is 1. The van der Waals surface area contributed by atoms with Crippen LogP contribution in [0.25, 0.3) is 0 Å². The molecule has 0 unspecified atom stereocenters. The van der Waals surface area contributed by atoms with Gasteiger partial charge in [-0.15, -0.1) is 0 Å². The highest BCUT2D eigenvalue weighted by Crippen LogP contribution is 2.15. The van der Waals surface area contributed by atoms with Crippen LogP contribution in [0.1, 0.15) is 22.9 Å². The van der Waals surface area contributed by atoms with Gasteiger partial charge in [-0.2, -0.15) is 0 Å². The van der Waals surface area contributed by atoms with Crippen LogP contribution in [-0.4, -0.2) is 9.55 Å². The Bertz CT molecular complexity index is 456. The second-order valence-electron chi connectivity index (χ2n) is 3.60. The second-order valence-corrected chi connectivity index (χ2v) is 3.60. The topological polar surface area (TPSA) is 57.0 Å². The number of hydrogen-bond acceptors (Lipinski definition) is 3. The van der Waals surface area contributed by atoms with Crippen molar-refractivity contribution in [3.05, 3.63) is 41.4 Å². The van der Waals surface area contributed by atoms with Gasteiger partial charge in [-0.1, -0.05) is 0 Å². The Morgan fingerprint density at radius 3 is 2.80 bits per heavy atom. The highest BCUT2D eigenvalue weighted by molar-refractivity contribution is 5.20. The van der Waals surface area contributed by atoms with Crippen molar-refractivity contribution in [2.75, 3.05) is 0 Å². The van der Waals surface area contributed by atoms with Crippen LogP contribution in [0.5, 0.6) is 0 Å². The molecule has 2 aromatic rings. The van der Waals surface area contributed by atoms with Crippen molar-refractivity contribution in [1.29, 1.82) is 0 Å². The zero-order valence-corrected chi connectivity index (χ0v) is 9.03. The zero-order valence-electron chi connectivity index (χ0n) is 9.03. The van der Waals surface area contributed by atoms with E-state index < -0.39 is 0 Å². The van der Waals surface area contributed by atoms with Crippen LogP contribution in [0.2, 0.25) is 0 Å². The monoisotopic (exact) mass is 205 g/mol. The van der Waals surface area contributed by atoms with Gasteiger partial charge in [0.25, 0.3) is 0 Å². The molecule has 0 fully saturated rings. The summed E-state index contributed by atoms with van der Waals surface area (Å²) >= 11 is 0. The maximum Gasteiger partial charge on any atom is 0.124 e. The van der Waals surface area contributed by atoms with E-state index in [4.69, 9.17) is 10.2 Å². The van der Waals surface area contributed by atoms with E-state index in [1.807, 2.05) is 30.7 Å². The van der Waals surface area contributed by atoms with Crippen molar-refractivity contribution in [3.8, 4) is 0 Å². The molecule has 4 nitrogen and oxygen atoms in total. The lowest BCUT2D eigenvalue weighted by atomic mass is 10.2. The van der Waals surface area contributed by atoms with E-state index in [9.17, 15) is 0 Å². The number of imidazole rings is 1. The van der Waals surface area contributed by atoms with Crippen LogP contribution in [0.15, 0.2) is 22.9 Å². The van der Waals surface area contributed by atoms with Gasteiger partial charge < -0.3 is 14.7 Å². The SMILES string of the molecule is Cc1oc(Cn2ccnc2C)cc1CN. The van der Waals surface area contributed by atoms with Crippen molar-refractivity contribution in [2.24, 2.45) is 5.73 Å². The van der Waals surface area contributed by atoms with E-state index in [-0.39, 0.29) is 0 Å². The van der Waals surface area contributed by atoms with Gasteiger partial charge in [0.05, 0.1) is 6.54 Å². The highest BCUT2D eigenvalue weighted by Gasteiger charge is 2.07. The fraction of sp³-hybridized carbons (Fsp3) is 0.364. The van der Waals surface area contributed by atoms with Gasteiger partial charge >= 0.3 is 0 Å². The Morgan fingerprint density at radius 1 is 1.47 bits per heavy atom. The lowest BCUT2D eigenvalue weighted by Gasteiger charge is -2.00. The van der Waals surface area contributed by atoms with Crippen molar-refractivity contribution >= 4 is 0 Å². The average Bonchev–Trinajstić information content (AvgIpc) is 2.75. The molecule has 0 spiro atoms. The third kappa shape index (κ3) is 1.94. The number of aryl methyl sites for hydroxylation is 2. The summed E-state index contributed by atoms with van der Waals surface area (Å²) in [6.45, 7) is 5.15. The first kappa shape index (κ1) is 9.98. The fourth-order valence-corrected chi connectivity index (χ4v) is 1.61. The van der Waals surface area contributed by atoms with Crippen LogP contribution in [0, 0.1) is 13.8 Å². The molecular formula is C11H15N3O. The summed E-state index contributed by atoms with van der Waals surface area (Å²) in [5, 5.41) is 0. The summed E-state index contributed by atoms with van der Waals surface area (Å²) in [5.41, 5.74) is 6.66. The van der Waals surface area contributed by atoms with E-state index in [0.29, 0.717) is 13.1 Å². The predicted octanol–water partition coefficient (Wildman–Crippen LogP) is 1.60. The molecule has 0 aliphatic carbocycles. The lowest BCUT2D eigenvalue weighted by Crippen LogP contribution is -1.99. The van der Waals surface area contributed by atoms with Gasteiger partial charge in [0.2, 0.25) is 0 Å². The largest absolute Gasteiger partial charge is 0.464 e. The Balaban J connectivity index is 2.21. The molecule has 2 heterocycles. The molecule has 15 heavy (non-hydrogen) atoms. The number of rotatable bonds is 3. The van der Waals surface area contributed by atoms with Crippen LogP contribution in [-0.2, 0) is 13.1 Å². The number of aromatic nitrogens is 2. The van der Waals surface area contributed by atoms with Gasteiger partial charge in [0.15, 0.2) is 0 Å². The summed E-state index contributed by atoms with van der Waals surface area (Å²) in [4.78, 5) is 4.16. The molecule has 0 aliphatic heterocycles. The highest BCUT2D eigenvalue weighted by atomic mass is 16.3. The van der Waals surface area contributed by atoms with E-state index in [1.165, 1.54) is 0 Å². The van der Waals surface area contributed by atoms with Crippen molar-refractivity contribution in [2.45, 2.75) is 26.9 Å². The number of nitrogens with zero attached hydrogens (tertiary/aromatic N) is 2. The predicted molar refractivity (Wildman–Crippen MR) is 57.4 cm³/mol. The van der Waals surface area contributed by atoms with Gasteiger partial charge in [0.1, 0.15) is 17.3 Å². The van der Waals surface area contributed by atoms with Gasteiger partial charge in [0, 0.05) is 24.5 Å². The Kier molecular flexibility index (Phi) is 2.60. The molecule has 2 rings (SSSR count). The molecule has 2 N–H and O–H groups in total. The van der Waals surface area contributed by atoms with Crippen LogP contribution >= 0.6 is 0 Å². The summed E-state index contributed by atoms with van der Waals surface area (Å²) in [7, 11) is 0. The standard InChI is InChI=1S/C11H15N3O/c1-8-10(6-12)5-11(15-8)7-14-4-3-13-9(14)2/h3-5H,6-7,12H2,1-2H3. The van der Waals surface area contributed by atoms with E-state index in [2.05, 4.69) is 4.98 Å².